The summed E-state index contributed by atoms with van der Waals surface area (Å²) in [6, 6.07) is 0. The van der Waals surface area contributed by atoms with E-state index in [9.17, 15) is 0 Å². The van der Waals surface area contributed by atoms with Gasteiger partial charge in [-0.15, -0.1) is 0 Å². The molecule has 0 radical (unpaired) electrons. The van der Waals surface area contributed by atoms with Gasteiger partial charge >= 0.3 is 58.1 Å². The Kier molecular flexibility index (Phi) is 6.29. The topological polar surface area (TPSA) is 50.2 Å². The molecule has 5 heteroatoms. The Morgan fingerprint density at radius 3 is 2.56 bits per heavy atom. The first-order valence-corrected chi connectivity index (χ1v) is 4.13. The summed E-state index contributed by atoms with van der Waals surface area (Å²) in [5.74, 6) is 0. The van der Waals surface area contributed by atoms with Gasteiger partial charge in [-0.25, -0.2) is 0 Å². The predicted octanol–water partition coefficient (Wildman–Crippen LogP) is -0.362. The molecular formula is C4H4NNaO2S. The zero-order valence-corrected chi connectivity index (χ0v) is 7.76. The van der Waals surface area contributed by atoms with Gasteiger partial charge < -0.3 is 5.11 Å². The molecule has 3 nitrogen and oxygen atoms in total. The molecule has 0 aliphatic carbocycles. The Balaban J connectivity index is 0.000000187. The number of aromatic nitrogens is 1. The van der Waals surface area contributed by atoms with Crippen LogP contribution < -0.4 is 2.26 Å². The fraction of sp³-hybridized carbons (Fsp3) is 0. The van der Waals surface area contributed by atoms with E-state index in [0.29, 0.717) is 0 Å². The summed E-state index contributed by atoms with van der Waals surface area (Å²) in [6.07, 6.45) is 1.84. The molecule has 0 saturated heterocycles. The van der Waals surface area contributed by atoms with Crippen LogP contribution in [-0.2, 0) is 4.79 Å². The summed E-state index contributed by atoms with van der Waals surface area (Å²) in [7, 11) is 0. The Bertz CT molecular complexity index is 154. The molecule has 0 atom stereocenters. The van der Waals surface area contributed by atoms with Gasteiger partial charge in [0.05, 0.1) is 0 Å². The first kappa shape index (κ1) is 9.10. The van der Waals surface area contributed by atoms with Gasteiger partial charge in [-0.1, -0.05) is 0 Å². The van der Waals surface area contributed by atoms with E-state index in [1.165, 1.54) is 2.26 Å². The van der Waals surface area contributed by atoms with Crippen LogP contribution in [0.3, 0.4) is 0 Å². The van der Waals surface area contributed by atoms with E-state index in [-0.39, 0.29) is 6.47 Å². The van der Waals surface area contributed by atoms with Crippen LogP contribution in [0, 0.1) is 0 Å². The Hall–Kier alpha value is 0.1000. The molecule has 44 valence electrons. The third-order valence-corrected chi connectivity index (χ3v) is 2.23. The third kappa shape index (κ3) is 5.98. The van der Waals surface area contributed by atoms with Crippen LogP contribution in [0.1, 0.15) is 0 Å². The van der Waals surface area contributed by atoms with Crippen LogP contribution >= 0.6 is 11.3 Å². The second-order valence-corrected chi connectivity index (χ2v) is 3.93. The van der Waals surface area contributed by atoms with Crippen molar-refractivity contribution in [2.75, 3.05) is 0 Å². The average Bonchev–Trinajstić information content (AvgIpc) is 2.20. The second kappa shape index (κ2) is 6.22. The van der Waals surface area contributed by atoms with Crippen LogP contribution in [0.4, 0.5) is 0 Å². The normalized spacial score (nSPS) is 7.33. The van der Waals surface area contributed by atoms with Crippen molar-refractivity contribution in [3.8, 4) is 0 Å². The molecule has 0 amide bonds. The number of rotatable bonds is 0. The van der Waals surface area contributed by atoms with Crippen molar-refractivity contribution in [3.63, 3.8) is 0 Å². The summed E-state index contributed by atoms with van der Waals surface area (Å²) in [4.78, 5) is 12.4. The van der Waals surface area contributed by atoms with E-state index in [1.807, 2.05) is 11.6 Å². The van der Waals surface area contributed by atoms with Crippen LogP contribution in [0.5, 0.6) is 0 Å². The molecule has 9 heavy (non-hydrogen) atoms. The minimum atomic E-state index is -0.250. The number of thiazole rings is 1. The minimum absolute atomic E-state index is 0.250. The summed E-state index contributed by atoms with van der Waals surface area (Å²) >= 11 is 2.83. The third-order valence-electron chi connectivity index (χ3n) is 0.556. The van der Waals surface area contributed by atoms with Gasteiger partial charge in [0.25, 0.3) is 6.47 Å². The van der Waals surface area contributed by atoms with Gasteiger partial charge in [-0.05, 0) is 0 Å². The van der Waals surface area contributed by atoms with Gasteiger partial charge in [-0.2, -0.15) is 0 Å². The number of carbonyl (C=O) groups is 1. The van der Waals surface area contributed by atoms with Crippen molar-refractivity contribution < 1.29 is 9.90 Å². The Morgan fingerprint density at radius 1 is 1.89 bits per heavy atom. The predicted molar refractivity (Wildman–Crippen MR) is 36.2 cm³/mol. The summed E-state index contributed by atoms with van der Waals surface area (Å²) in [5, 5.41) is 8.89. The summed E-state index contributed by atoms with van der Waals surface area (Å²) in [6.45, 7) is -0.250. The van der Waals surface area contributed by atoms with Gasteiger partial charge in [-0.3, -0.25) is 4.79 Å². The van der Waals surface area contributed by atoms with E-state index in [0.717, 1.165) is 27.9 Å². The van der Waals surface area contributed by atoms with E-state index in [1.54, 1.807) is 11.3 Å². The second-order valence-electron chi connectivity index (χ2n) is 1.16. The van der Waals surface area contributed by atoms with Crippen molar-refractivity contribution in [1.29, 1.82) is 0 Å². The quantitative estimate of drug-likeness (QED) is 0.409. The molecule has 1 rings (SSSR count). The van der Waals surface area contributed by atoms with Crippen LogP contribution in [0.2, 0.25) is 0 Å². The number of carboxylic acid groups (broad SMARTS) is 1. The van der Waals surface area contributed by atoms with Gasteiger partial charge in [0, 0.05) is 0 Å². The van der Waals surface area contributed by atoms with Crippen LogP contribution in [-0.4, -0.2) is 44.5 Å². The molecule has 0 bridgehead atoms. The Morgan fingerprint density at radius 2 is 2.44 bits per heavy atom. The average molecular weight is 153 g/mol. The van der Waals surface area contributed by atoms with Gasteiger partial charge in [0.15, 0.2) is 0 Å². The van der Waals surface area contributed by atoms with Crippen LogP contribution in [0.25, 0.3) is 0 Å². The number of nitrogens with zero attached hydrogens (tertiary/aromatic N) is 1. The monoisotopic (exact) mass is 153 g/mol. The van der Waals surface area contributed by atoms with Crippen molar-refractivity contribution >= 4 is 48.0 Å². The standard InChI is InChI=1S/C3H2NS.CH2O2.Na/c1-2-5-3-4-1;2-1-3;/h1-2H;1H,(H,2,3);. The van der Waals surface area contributed by atoms with Crippen molar-refractivity contribution in [2.24, 2.45) is 0 Å². The maximum atomic E-state index is 8.36. The van der Waals surface area contributed by atoms with E-state index in [2.05, 4.69) is 4.98 Å². The van der Waals surface area contributed by atoms with E-state index in [4.69, 9.17) is 9.90 Å². The van der Waals surface area contributed by atoms with Crippen LogP contribution in [0.15, 0.2) is 11.6 Å². The molecule has 0 spiro atoms. The van der Waals surface area contributed by atoms with Crippen molar-refractivity contribution in [2.45, 2.75) is 0 Å². The molecule has 1 N–H and O–H groups in total. The molecule has 0 aliphatic heterocycles. The molecule has 0 unspecified atom stereocenters. The fourth-order valence-electron chi connectivity index (χ4n) is 0.295. The molecule has 0 aliphatic rings. The van der Waals surface area contributed by atoms with Crippen molar-refractivity contribution in [1.82, 2.24) is 4.98 Å². The molecule has 1 aromatic heterocycles. The number of hydrogen-bond acceptors (Lipinski definition) is 3. The summed E-state index contributed by atoms with van der Waals surface area (Å²) < 4.78 is 1.27. The summed E-state index contributed by atoms with van der Waals surface area (Å²) in [5.41, 5.74) is 0. The Labute approximate surface area is 74.2 Å². The van der Waals surface area contributed by atoms with E-state index >= 15 is 0 Å². The number of hydrogen-bond donors (Lipinski definition) is 1. The molecular weight excluding hydrogens is 149 g/mol. The van der Waals surface area contributed by atoms with Crippen molar-refractivity contribution in [3.05, 3.63) is 11.6 Å². The first-order chi connectivity index (χ1) is 4.31. The zero-order chi connectivity index (χ0) is 7.11. The van der Waals surface area contributed by atoms with Gasteiger partial charge in [0.2, 0.25) is 0 Å². The molecule has 0 aromatic carbocycles. The van der Waals surface area contributed by atoms with Gasteiger partial charge in [0.1, 0.15) is 0 Å². The molecule has 0 saturated carbocycles. The zero-order valence-electron chi connectivity index (χ0n) is 4.94. The molecule has 1 aromatic rings. The molecule has 1 heterocycles. The fourth-order valence-corrected chi connectivity index (χ4v) is 1.29. The first-order valence-electron chi connectivity index (χ1n) is 2.25. The maximum absolute atomic E-state index is 8.36. The van der Waals surface area contributed by atoms with E-state index < -0.39 is 0 Å². The molecule has 0 fully saturated rings. The SMILES string of the molecule is O=CO.[Na][c]1nccs1.